The molecular formula is C14H14N4O3. The largest absolute Gasteiger partial charge is 0.469 e. The molecule has 2 heterocycles. The van der Waals surface area contributed by atoms with Crippen LogP contribution in [0, 0.1) is 21.4 Å². The molecule has 2 aromatic rings. The van der Waals surface area contributed by atoms with E-state index in [0.717, 1.165) is 12.2 Å². The van der Waals surface area contributed by atoms with Crippen LogP contribution in [0.1, 0.15) is 24.7 Å². The standard InChI is InChI=1S/C14H14N4O3/c1-10(4-5-12-3-2-8-21-12)17-14-13(18(19)20)11(9-15)6-7-16-14/h2-3,6-8,10H,4-5H2,1H3,(H,16,17). The fraction of sp³-hybridized carbons (Fsp3) is 0.286. The number of nitrogens with zero attached hydrogens (tertiary/aromatic N) is 3. The number of hydrogen-bond acceptors (Lipinski definition) is 6. The molecule has 2 rings (SSSR count). The average molecular weight is 286 g/mol. The minimum Gasteiger partial charge on any atom is -0.469 e. The minimum absolute atomic E-state index is 0.00395. The van der Waals surface area contributed by atoms with Gasteiger partial charge in [0.1, 0.15) is 17.4 Å². The van der Waals surface area contributed by atoms with Crippen LogP contribution in [0.3, 0.4) is 0 Å². The van der Waals surface area contributed by atoms with Crippen molar-refractivity contribution < 1.29 is 9.34 Å². The van der Waals surface area contributed by atoms with E-state index in [1.165, 1.54) is 12.3 Å². The van der Waals surface area contributed by atoms with Gasteiger partial charge in [0, 0.05) is 18.7 Å². The van der Waals surface area contributed by atoms with Crippen molar-refractivity contribution in [1.82, 2.24) is 4.98 Å². The van der Waals surface area contributed by atoms with E-state index >= 15 is 0 Å². The fourth-order valence-electron chi connectivity index (χ4n) is 1.95. The van der Waals surface area contributed by atoms with Crippen molar-refractivity contribution in [3.8, 4) is 6.07 Å². The maximum atomic E-state index is 11.1. The average Bonchev–Trinajstić information content (AvgIpc) is 2.97. The van der Waals surface area contributed by atoms with Gasteiger partial charge in [-0.15, -0.1) is 0 Å². The molecule has 7 heteroatoms. The van der Waals surface area contributed by atoms with Gasteiger partial charge in [-0.2, -0.15) is 5.26 Å². The van der Waals surface area contributed by atoms with Crippen LogP contribution in [0.25, 0.3) is 0 Å². The van der Waals surface area contributed by atoms with Gasteiger partial charge >= 0.3 is 5.69 Å². The Morgan fingerprint density at radius 3 is 3.00 bits per heavy atom. The number of furan rings is 1. The first kappa shape index (κ1) is 14.5. The zero-order chi connectivity index (χ0) is 15.2. The fourth-order valence-corrected chi connectivity index (χ4v) is 1.95. The maximum Gasteiger partial charge on any atom is 0.328 e. The van der Waals surface area contributed by atoms with Crippen LogP contribution in [0.2, 0.25) is 0 Å². The van der Waals surface area contributed by atoms with Crippen LogP contribution in [0.5, 0.6) is 0 Å². The van der Waals surface area contributed by atoms with Gasteiger partial charge in [0.25, 0.3) is 0 Å². The molecule has 2 aromatic heterocycles. The summed E-state index contributed by atoms with van der Waals surface area (Å²) in [7, 11) is 0. The molecule has 1 unspecified atom stereocenters. The van der Waals surface area contributed by atoms with Crippen molar-refractivity contribution in [3.05, 3.63) is 52.1 Å². The van der Waals surface area contributed by atoms with Crippen LogP contribution >= 0.6 is 0 Å². The van der Waals surface area contributed by atoms with Gasteiger partial charge in [-0.25, -0.2) is 4.98 Å². The molecule has 0 radical (unpaired) electrons. The van der Waals surface area contributed by atoms with E-state index in [1.54, 1.807) is 6.26 Å². The van der Waals surface area contributed by atoms with E-state index in [-0.39, 0.29) is 23.1 Å². The van der Waals surface area contributed by atoms with Crippen LogP contribution in [0.15, 0.2) is 35.1 Å². The molecule has 0 fully saturated rings. The number of rotatable bonds is 6. The van der Waals surface area contributed by atoms with Gasteiger partial charge in [-0.05, 0) is 31.5 Å². The predicted octanol–water partition coefficient (Wildman–Crippen LogP) is 2.89. The highest BCUT2D eigenvalue weighted by molar-refractivity contribution is 5.64. The van der Waals surface area contributed by atoms with Gasteiger partial charge < -0.3 is 9.73 Å². The number of aromatic nitrogens is 1. The molecule has 0 aliphatic heterocycles. The summed E-state index contributed by atoms with van der Waals surface area (Å²) in [6.45, 7) is 1.90. The molecular weight excluding hydrogens is 272 g/mol. The third-order valence-electron chi connectivity index (χ3n) is 3.01. The Morgan fingerprint density at radius 2 is 2.38 bits per heavy atom. The van der Waals surface area contributed by atoms with E-state index in [1.807, 2.05) is 25.1 Å². The molecule has 0 saturated heterocycles. The number of anilines is 1. The number of nitriles is 1. The van der Waals surface area contributed by atoms with Gasteiger partial charge in [-0.1, -0.05) is 0 Å². The molecule has 1 atom stereocenters. The van der Waals surface area contributed by atoms with Crippen LogP contribution in [-0.2, 0) is 6.42 Å². The summed E-state index contributed by atoms with van der Waals surface area (Å²) in [6, 6.07) is 6.79. The van der Waals surface area contributed by atoms with Crippen molar-refractivity contribution in [1.29, 1.82) is 5.26 Å². The second-order valence-electron chi connectivity index (χ2n) is 4.59. The van der Waals surface area contributed by atoms with E-state index in [2.05, 4.69) is 10.3 Å². The Balaban J connectivity index is 2.08. The topological polar surface area (TPSA) is 105 Å². The number of nitrogens with one attached hydrogen (secondary N) is 1. The van der Waals surface area contributed by atoms with Crippen molar-refractivity contribution in [2.45, 2.75) is 25.8 Å². The first-order chi connectivity index (χ1) is 10.1. The summed E-state index contributed by atoms with van der Waals surface area (Å²) in [5, 5.41) is 23.0. The van der Waals surface area contributed by atoms with Gasteiger partial charge in [0.15, 0.2) is 0 Å². The summed E-state index contributed by atoms with van der Waals surface area (Å²) in [4.78, 5) is 14.5. The summed E-state index contributed by atoms with van der Waals surface area (Å²) < 4.78 is 5.24. The molecule has 0 aliphatic carbocycles. The molecule has 0 aromatic carbocycles. The minimum atomic E-state index is -0.590. The molecule has 21 heavy (non-hydrogen) atoms. The highest BCUT2D eigenvalue weighted by Crippen LogP contribution is 2.26. The van der Waals surface area contributed by atoms with Gasteiger partial charge in [0.05, 0.1) is 11.2 Å². The lowest BCUT2D eigenvalue weighted by Crippen LogP contribution is -2.18. The van der Waals surface area contributed by atoms with Crippen LogP contribution < -0.4 is 5.32 Å². The Labute approximate surface area is 121 Å². The number of pyridine rings is 1. The Bertz CT molecular complexity index is 661. The Hall–Kier alpha value is -2.88. The summed E-state index contributed by atoms with van der Waals surface area (Å²) in [5.41, 5.74) is -0.291. The van der Waals surface area contributed by atoms with Crippen molar-refractivity contribution in [3.63, 3.8) is 0 Å². The van der Waals surface area contributed by atoms with Crippen molar-refractivity contribution in [2.75, 3.05) is 5.32 Å². The smallest absolute Gasteiger partial charge is 0.328 e. The zero-order valence-corrected chi connectivity index (χ0v) is 11.4. The summed E-state index contributed by atoms with van der Waals surface area (Å²) in [6.07, 6.45) is 4.43. The molecule has 108 valence electrons. The number of aryl methyl sites for hydroxylation is 1. The molecule has 0 saturated carbocycles. The highest BCUT2D eigenvalue weighted by atomic mass is 16.6. The highest BCUT2D eigenvalue weighted by Gasteiger charge is 2.22. The van der Waals surface area contributed by atoms with E-state index in [0.29, 0.717) is 6.42 Å². The normalized spacial score (nSPS) is 11.6. The SMILES string of the molecule is CC(CCc1ccco1)Nc1nccc(C#N)c1[N+](=O)[O-]. The molecule has 0 spiro atoms. The second kappa shape index (κ2) is 6.52. The lowest BCUT2D eigenvalue weighted by Gasteiger charge is -2.14. The van der Waals surface area contributed by atoms with Crippen molar-refractivity contribution in [2.24, 2.45) is 0 Å². The van der Waals surface area contributed by atoms with E-state index < -0.39 is 4.92 Å². The lowest BCUT2D eigenvalue weighted by atomic mass is 10.1. The number of nitro groups is 1. The first-order valence-electron chi connectivity index (χ1n) is 6.44. The van der Waals surface area contributed by atoms with E-state index in [9.17, 15) is 10.1 Å². The lowest BCUT2D eigenvalue weighted by molar-refractivity contribution is -0.384. The molecule has 0 aliphatic rings. The molecule has 0 bridgehead atoms. The van der Waals surface area contributed by atoms with Crippen LogP contribution in [-0.4, -0.2) is 15.9 Å². The molecule has 1 N–H and O–H groups in total. The van der Waals surface area contributed by atoms with Crippen molar-refractivity contribution >= 4 is 11.5 Å². The third-order valence-corrected chi connectivity index (χ3v) is 3.01. The summed E-state index contributed by atoms with van der Waals surface area (Å²) >= 11 is 0. The molecule has 7 nitrogen and oxygen atoms in total. The zero-order valence-electron chi connectivity index (χ0n) is 11.4. The Morgan fingerprint density at radius 1 is 1.57 bits per heavy atom. The molecule has 0 amide bonds. The Kier molecular flexibility index (Phi) is 4.51. The maximum absolute atomic E-state index is 11.1. The van der Waals surface area contributed by atoms with Crippen LogP contribution in [0.4, 0.5) is 11.5 Å². The van der Waals surface area contributed by atoms with Gasteiger partial charge in [0.2, 0.25) is 5.82 Å². The predicted molar refractivity (Wildman–Crippen MR) is 75.7 cm³/mol. The quantitative estimate of drug-likeness (QED) is 0.646. The van der Waals surface area contributed by atoms with Gasteiger partial charge in [-0.3, -0.25) is 10.1 Å². The first-order valence-corrected chi connectivity index (χ1v) is 6.44. The second-order valence-corrected chi connectivity index (χ2v) is 4.59. The summed E-state index contributed by atoms with van der Waals surface area (Å²) in [5.74, 6) is 0.975. The number of hydrogen-bond donors (Lipinski definition) is 1. The van der Waals surface area contributed by atoms with E-state index in [4.69, 9.17) is 9.68 Å². The monoisotopic (exact) mass is 286 g/mol. The third kappa shape index (κ3) is 3.57.